The fourth-order valence-corrected chi connectivity index (χ4v) is 2.65. The second kappa shape index (κ2) is 6.88. The average Bonchev–Trinajstić information content (AvgIpc) is 2.81. The molecule has 0 aliphatic carbocycles. The number of rotatable bonds is 6. The van der Waals surface area contributed by atoms with E-state index in [1.165, 1.54) is 5.56 Å². The topological polar surface area (TPSA) is 24.9 Å². The lowest BCUT2D eigenvalue weighted by Gasteiger charge is -2.15. The molecule has 0 fully saturated rings. The van der Waals surface area contributed by atoms with E-state index in [-0.39, 0.29) is 6.04 Å². The van der Waals surface area contributed by atoms with Gasteiger partial charge in [-0.05, 0) is 18.9 Å². The van der Waals surface area contributed by atoms with E-state index < -0.39 is 0 Å². The van der Waals surface area contributed by atoms with Gasteiger partial charge >= 0.3 is 0 Å². The number of halogens is 1. The summed E-state index contributed by atoms with van der Waals surface area (Å²) in [5.74, 6) is 0.609. The van der Waals surface area contributed by atoms with Crippen LogP contribution in [0.25, 0.3) is 0 Å². The van der Waals surface area contributed by atoms with Crippen LogP contribution < -0.4 is 5.32 Å². The van der Waals surface area contributed by atoms with Crippen LogP contribution in [0.4, 0.5) is 0 Å². The van der Waals surface area contributed by atoms with Crippen molar-refractivity contribution in [1.82, 2.24) is 10.3 Å². The summed E-state index contributed by atoms with van der Waals surface area (Å²) >= 11 is 7.69. The van der Waals surface area contributed by atoms with Gasteiger partial charge in [-0.1, -0.05) is 30.3 Å². The highest BCUT2D eigenvalue weighted by molar-refractivity contribution is 7.09. The number of hydrogen-bond acceptors (Lipinski definition) is 3. The van der Waals surface area contributed by atoms with E-state index in [1.807, 2.05) is 13.0 Å². The Kier molecular flexibility index (Phi) is 5.17. The second-order valence-corrected chi connectivity index (χ2v) is 5.65. The van der Waals surface area contributed by atoms with Gasteiger partial charge in [-0.15, -0.1) is 22.9 Å². The lowest BCUT2D eigenvalue weighted by atomic mass is 10.1. The van der Waals surface area contributed by atoms with E-state index in [0.717, 1.165) is 23.7 Å². The molecular weight excluding hydrogens is 264 g/mol. The fourth-order valence-electron chi connectivity index (χ4n) is 1.82. The van der Waals surface area contributed by atoms with Gasteiger partial charge in [-0.2, -0.15) is 0 Å². The summed E-state index contributed by atoms with van der Waals surface area (Å²) < 4.78 is 0. The Balaban J connectivity index is 1.86. The minimum atomic E-state index is 0.288. The number of nitrogens with one attached hydrogen (secondary N) is 1. The smallest absolute Gasteiger partial charge is 0.0897 e. The van der Waals surface area contributed by atoms with Crippen LogP contribution in [-0.4, -0.2) is 16.9 Å². The Morgan fingerprint density at radius 2 is 2.11 bits per heavy atom. The standard InChI is InChI=1S/C14H17ClN2S/c1-11-17-14(10-18-11)9-16-13(8-15)7-12-5-3-2-4-6-12/h2-6,10,13,16H,7-9H2,1H3. The Hall–Kier alpha value is -0.900. The summed E-state index contributed by atoms with van der Waals surface area (Å²) in [6, 6.07) is 10.7. The minimum Gasteiger partial charge on any atom is -0.307 e. The average molecular weight is 281 g/mol. The number of hydrogen-bond donors (Lipinski definition) is 1. The van der Waals surface area contributed by atoms with Gasteiger partial charge in [0.15, 0.2) is 0 Å². The molecule has 0 amide bonds. The van der Waals surface area contributed by atoms with Gasteiger partial charge in [-0.3, -0.25) is 0 Å². The highest BCUT2D eigenvalue weighted by atomic mass is 35.5. The number of nitrogens with zero attached hydrogens (tertiary/aromatic N) is 1. The van der Waals surface area contributed by atoms with Crippen molar-refractivity contribution in [3.8, 4) is 0 Å². The maximum absolute atomic E-state index is 6.01. The van der Waals surface area contributed by atoms with E-state index in [4.69, 9.17) is 11.6 Å². The first kappa shape index (κ1) is 13.5. The molecule has 1 heterocycles. The molecule has 0 radical (unpaired) electrons. The van der Waals surface area contributed by atoms with Crippen LogP contribution in [-0.2, 0) is 13.0 Å². The molecule has 0 bridgehead atoms. The van der Waals surface area contributed by atoms with Crippen molar-refractivity contribution in [2.24, 2.45) is 0 Å². The van der Waals surface area contributed by atoms with Crippen LogP contribution in [0.1, 0.15) is 16.3 Å². The number of aromatic nitrogens is 1. The molecule has 18 heavy (non-hydrogen) atoms. The molecule has 1 atom stereocenters. The van der Waals surface area contributed by atoms with Crippen molar-refractivity contribution in [3.05, 3.63) is 52.0 Å². The maximum Gasteiger partial charge on any atom is 0.0897 e. The fraction of sp³-hybridized carbons (Fsp3) is 0.357. The summed E-state index contributed by atoms with van der Waals surface area (Å²) in [7, 11) is 0. The molecule has 1 aromatic carbocycles. The van der Waals surface area contributed by atoms with Crippen molar-refractivity contribution in [2.75, 3.05) is 5.88 Å². The summed E-state index contributed by atoms with van der Waals surface area (Å²) in [4.78, 5) is 4.44. The lowest BCUT2D eigenvalue weighted by Crippen LogP contribution is -2.32. The number of benzene rings is 1. The Morgan fingerprint density at radius 1 is 1.33 bits per heavy atom. The monoisotopic (exact) mass is 280 g/mol. The van der Waals surface area contributed by atoms with E-state index in [1.54, 1.807) is 11.3 Å². The first-order valence-electron chi connectivity index (χ1n) is 6.02. The van der Waals surface area contributed by atoms with E-state index in [0.29, 0.717) is 5.88 Å². The molecule has 0 aliphatic heterocycles. The van der Waals surface area contributed by atoms with Gasteiger partial charge in [0.1, 0.15) is 0 Å². The van der Waals surface area contributed by atoms with Gasteiger partial charge in [0, 0.05) is 23.8 Å². The zero-order chi connectivity index (χ0) is 12.8. The molecule has 4 heteroatoms. The van der Waals surface area contributed by atoms with Gasteiger partial charge in [-0.25, -0.2) is 4.98 Å². The Labute approximate surface area is 117 Å². The normalized spacial score (nSPS) is 12.6. The molecule has 2 rings (SSSR count). The first-order valence-corrected chi connectivity index (χ1v) is 7.43. The van der Waals surface area contributed by atoms with Crippen molar-refractivity contribution in [2.45, 2.75) is 25.9 Å². The molecule has 96 valence electrons. The van der Waals surface area contributed by atoms with Crippen LogP contribution >= 0.6 is 22.9 Å². The van der Waals surface area contributed by atoms with E-state index in [2.05, 4.69) is 39.9 Å². The molecule has 0 aliphatic rings. The third-order valence-corrected chi connectivity index (χ3v) is 3.94. The third kappa shape index (κ3) is 4.09. The number of thiazole rings is 1. The summed E-state index contributed by atoms with van der Waals surface area (Å²) in [6.45, 7) is 2.81. The lowest BCUT2D eigenvalue weighted by molar-refractivity contribution is 0.545. The molecule has 0 saturated carbocycles. The quantitative estimate of drug-likeness (QED) is 0.821. The predicted octanol–water partition coefficient (Wildman–Crippen LogP) is 3.39. The summed E-state index contributed by atoms with van der Waals surface area (Å²) in [5.41, 5.74) is 2.41. The van der Waals surface area contributed by atoms with Crippen molar-refractivity contribution < 1.29 is 0 Å². The number of alkyl halides is 1. The van der Waals surface area contributed by atoms with Gasteiger partial charge in [0.25, 0.3) is 0 Å². The first-order chi connectivity index (χ1) is 8.78. The van der Waals surface area contributed by atoms with Crippen LogP contribution in [0.15, 0.2) is 35.7 Å². The number of aryl methyl sites for hydroxylation is 1. The largest absolute Gasteiger partial charge is 0.307 e. The predicted molar refractivity (Wildman–Crippen MR) is 78.3 cm³/mol. The van der Waals surface area contributed by atoms with Gasteiger partial charge < -0.3 is 5.32 Å². The minimum absolute atomic E-state index is 0.288. The zero-order valence-corrected chi connectivity index (χ0v) is 12.0. The van der Waals surface area contributed by atoms with E-state index in [9.17, 15) is 0 Å². The van der Waals surface area contributed by atoms with Gasteiger partial charge in [0.05, 0.1) is 10.7 Å². The second-order valence-electron chi connectivity index (χ2n) is 4.28. The molecule has 0 saturated heterocycles. The summed E-state index contributed by atoms with van der Waals surface area (Å²) in [6.07, 6.45) is 0.952. The Morgan fingerprint density at radius 3 is 2.72 bits per heavy atom. The van der Waals surface area contributed by atoms with Crippen molar-refractivity contribution >= 4 is 22.9 Å². The SMILES string of the molecule is Cc1nc(CNC(CCl)Cc2ccccc2)cs1. The molecule has 1 unspecified atom stereocenters. The zero-order valence-electron chi connectivity index (χ0n) is 10.4. The molecule has 1 aromatic heterocycles. The van der Waals surface area contributed by atoms with Crippen LogP contribution in [0.3, 0.4) is 0 Å². The molecule has 1 N–H and O–H groups in total. The van der Waals surface area contributed by atoms with Crippen LogP contribution in [0, 0.1) is 6.92 Å². The van der Waals surface area contributed by atoms with Crippen molar-refractivity contribution in [1.29, 1.82) is 0 Å². The molecule has 2 nitrogen and oxygen atoms in total. The van der Waals surface area contributed by atoms with Crippen LogP contribution in [0.5, 0.6) is 0 Å². The van der Waals surface area contributed by atoms with E-state index >= 15 is 0 Å². The van der Waals surface area contributed by atoms with Crippen LogP contribution in [0.2, 0.25) is 0 Å². The molecule has 2 aromatic rings. The third-order valence-electron chi connectivity index (χ3n) is 2.75. The van der Waals surface area contributed by atoms with Gasteiger partial charge in [0.2, 0.25) is 0 Å². The summed E-state index contributed by atoms with van der Waals surface area (Å²) in [5, 5.41) is 6.66. The highest BCUT2D eigenvalue weighted by Gasteiger charge is 2.08. The highest BCUT2D eigenvalue weighted by Crippen LogP contribution is 2.09. The maximum atomic E-state index is 6.01. The molecular formula is C14H17ClN2S. The van der Waals surface area contributed by atoms with Crippen molar-refractivity contribution in [3.63, 3.8) is 0 Å². The Bertz CT molecular complexity index is 470. The molecule has 0 spiro atoms.